The number of nitrogens with one attached hydrogen (secondary N) is 2. The number of piperidine rings is 1. The van der Waals surface area contributed by atoms with Crippen molar-refractivity contribution in [3.05, 3.63) is 0 Å². The SMILES string of the molecule is O=S(=O)(NCC1CCNCC1)N1CCCCCC1. The number of rotatable bonds is 4. The summed E-state index contributed by atoms with van der Waals surface area (Å²) in [6.45, 7) is 3.98. The molecule has 18 heavy (non-hydrogen) atoms. The summed E-state index contributed by atoms with van der Waals surface area (Å²) < 4.78 is 28.8. The van der Waals surface area contributed by atoms with Crippen LogP contribution in [0.1, 0.15) is 38.5 Å². The van der Waals surface area contributed by atoms with Crippen LogP contribution in [-0.2, 0) is 10.2 Å². The van der Waals surface area contributed by atoms with Gasteiger partial charge >= 0.3 is 0 Å². The Labute approximate surface area is 110 Å². The molecule has 0 radical (unpaired) electrons. The average Bonchev–Trinajstić information content (AvgIpc) is 2.67. The Morgan fingerprint density at radius 3 is 2.28 bits per heavy atom. The van der Waals surface area contributed by atoms with Crippen molar-refractivity contribution in [1.82, 2.24) is 14.3 Å². The lowest BCUT2D eigenvalue weighted by atomic mass is 9.99. The third kappa shape index (κ3) is 4.19. The van der Waals surface area contributed by atoms with Gasteiger partial charge in [0.05, 0.1) is 0 Å². The maximum Gasteiger partial charge on any atom is 0.279 e. The fraction of sp³-hybridized carbons (Fsp3) is 1.00. The highest BCUT2D eigenvalue weighted by Crippen LogP contribution is 2.14. The molecular formula is C12H25N3O2S. The van der Waals surface area contributed by atoms with Crippen LogP contribution in [0.15, 0.2) is 0 Å². The fourth-order valence-electron chi connectivity index (χ4n) is 2.68. The summed E-state index contributed by atoms with van der Waals surface area (Å²) in [5.41, 5.74) is 0. The van der Waals surface area contributed by atoms with Gasteiger partial charge in [0, 0.05) is 19.6 Å². The predicted octanol–water partition coefficient (Wildman–Crippen LogP) is 0.696. The highest BCUT2D eigenvalue weighted by molar-refractivity contribution is 7.87. The Morgan fingerprint density at radius 2 is 1.67 bits per heavy atom. The second-order valence-electron chi connectivity index (χ2n) is 5.36. The van der Waals surface area contributed by atoms with E-state index in [2.05, 4.69) is 10.0 Å². The topological polar surface area (TPSA) is 61.4 Å². The van der Waals surface area contributed by atoms with Gasteiger partial charge in [0.15, 0.2) is 0 Å². The van der Waals surface area contributed by atoms with Gasteiger partial charge in [-0.05, 0) is 44.7 Å². The van der Waals surface area contributed by atoms with E-state index in [0.717, 1.165) is 51.6 Å². The summed E-state index contributed by atoms with van der Waals surface area (Å²) in [5.74, 6) is 0.494. The smallest absolute Gasteiger partial charge is 0.279 e. The van der Waals surface area contributed by atoms with Crippen molar-refractivity contribution < 1.29 is 8.42 Å². The van der Waals surface area contributed by atoms with Gasteiger partial charge in [-0.1, -0.05) is 12.8 Å². The first-order valence-electron chi connectivity index (χ1n) is 7.14. The van der Waals surface area contributed by atoms with Crippen molar-refractivity contribution in [3.8, 4) is 0 Å². The fourth-order valence-corrected chi connectivity index (χ4v) is 4.05. The molecule has 0 saturated carbocycles. The van der Waals surface area contributed by atoms with E-state index in [4.69, 9.17) is 0 Å². The van der Waals surface area contributed by atoms with Crippen LogP contribution in [0.2, 0.25) is 0 Å². The van der Waals surface area contributed by atoms with E-state index in [1.165, 1.54) is 0 Å². The molecule has 0 spiro atoms. The number of hydrogen-bond acceptors (Lipinski definition) is 3. The molecule has 0 aromatic heterocycles. The van der Waals surface area contributed by atoms with Crippen LogP contribution >= 0.6 is 0 Å². The summed E-state index contributed by atoms with van der Waals surface area (Å²) >= 11 is 0. The standard InChI is InChI=1S/C12H25N3O2S/c16-18(17,15-9-3-1-2-4-10-15)14-11-12-5-7-13-8-6-12/h12-14H,1-11H2. The minimum Gasteiger partial charge on any atom is -0.317 e. The second-order valence-corrected chi connectivity index (χ2v) is 7.12. The van der Waals surface area contributed by atoms with E-state index in [1.54, 1.807) is 4.31 Å². The Bertz CT molecular complexity index is 331. The van der Waals surface area contributed by atoms with Crippen molar-refractivity contribution in [1.29, 1.82) is 0 Å². The monoisotopic (exact) mass is 275 g/mol. The van der Waals surface area contributed by atoms with Crippen LogP contribution in [0.3, 0.4) is 0 Å². The van der Waals surface area contributed by atoms with E-state index >= 15 is 0 Å². The van der Waals surface area contributed by atoms with Crippen molar-refractivity contribution in [2.45, 2.75) is 38.5 Å². The normalized spacial score (nSPS) is 24.9. The van der Waals surface area contributed by atoms with Crippen LogP contribution in [0.5, 0.6) is 0 Å². The first-order valence-corrected chi connectivity index (χ1v) is 8.58. The molecule has 2 heterocycles. The molecule has 2 aliphatic rings. The van der Waals surface area contributed by atoms with Gasteiger partial charge in [0.2, 0.25) is 0 Å². The van der Waals surface area contributed by atoms with Gasteiger partial charge in [0.25, 0.3) is 10.2 Å². The van der Waals surface area contributed by atoms with Gasteiger partial charge in [-0.25, -0.2) is 4.72 Å². The predicted molar refractivity (Wildman–Crippen MR) is 72.6 cm³/mol. The van der Waals surface area contributed by atoms with Gasteiger partial charge < -0.3 is 5.32 Å². The molecule has 0 unspecified atom stereocenters. The van der Waals surface area contributed by atoms with E-state index in [1.807, 2.05) is 0 Å². The van der Waals surface area contributed by atoms with Gasteiger partial charge in [0.1, 0.15) is 0 Å². The Morgan fingerprint density at radius 1 is 1.06 bits per heavy atom. The molecule has 2 N–H and O–H groups in total. The van der Waals surface area contributed by atoms with Gasteiger partial charge in [-0.3, -0.25) is 0 Å². The third-order valence-electron chi connectivity index (χ3n) is 3.92. The molecule has 0 aliphatic carbocycles. The molecule has 106 valence electrons. The van der Waals surface area contributed by atoms with Crippen LogP contribution < -0.4 is 10.0 Å². The molecule has 0 bridgehead atoms. The average molecular weight is 275 g/mol. The summed E-state index contributed by atoms with van der Waals surface area (Å²) in [6, 6.07) is 0. The van der Waals surface area contributed by atoms with Crippen LogP contribution in [-0.4, -0.2) is 45.4 Å². The molecule has 0 amide bonds. The van der Waals surface area contributed by atoms with E-state index in [9.17, 15) is 8.42 Å². The Hall–Kier alpha value is -0.170. The lowest BCUT2D eigenvalue weighted by Gasteiger charge is -2.25. The van der Waals surface area contributed by atoms with Gasteiger partial charge in [-0.15, -0.1) is 0 Å². The maximum absolute atomic E-state index is 12.2. The van der Waals surface area contributed by atoms with Crippen LogP contribution in [0.25, 0.3) is 0 Å². The molecule has 0 aromatic carbocycles. The zero-order valence-corrected chi connectivity index (χ0v) is 11.8. The zero-order valence-electron chi connectivity index (χ0n) is 11.0. The van der Waals surface area contributed by atoms with Crippen LogP contribution in [0, 0.1) is 5.92 Å². The lowest BCUT2D eigenvalue weighted by Crippen LogP contribution is -2.44. The molecule has 2 saturated heterocycles. The highest BCUT2D eigenvalue weighted by Gasteiger charge is 2.24. The molecule has 6 heteroatoms. The Balaban J connectivity index is 1.81. The van der Waals surface area contributed by atoms with Crippen molar-refractivity contribution in [2.75, 3.05) is 32.7 Å². The van der Waals surface area contributed by atoms with Crippen LogP contribution in [0.4, 0.5) is 0 Å². The third-order valence-corrected chi connectivity index (χ3v) is 5.49. The largest absolute Gasteiger partial charge is 0.317 e. The van der Waals surface area contributed by atoms with Crippen molar-refractivity contribution in [3.63, 3.8) is 0 Å². The molecule has 2 aliphatic heterocycles. The summed E-state index contributed by atoms with van der Waals surface area (Å²) in [4.78, 5) is 0. The van der Waals surface area contributed by atoms with E-state index in [-0.39, 0.29) is 0 Å². The highest BCUT2D eigenvalue weighted by atomic mass is 32.2. The molecule has 0 aromatic rings. The summed E-state index contributed by atoms with van der Waals surface area (Å²) in [6.07, 6.45) is 6.44. The van der Waals surface area contributed by atoms with E-state index < -0.39 is 10.2 Å². The van der Waals surface area contributed by atoms with Crippen molar-refractivity contribution in [2.24, 2.45) is 5.92 Å². The summed E-state index contributed by atoms with van der Waals surface area (Å²) in [5, 5.41) is 3.30. The zero-order chi connectivity index (χ0) is 12.8. The maximum atomic E-state index is 12.2. The minimum atomic E-state index is -3.24. The van der Waals surface area contributed by atoms with Crippen molar-refractivity contribution >= 4 is 10.2 Å². The first-order chi connectivity index (χ1) is 8.68. The number of nitrogens with zero attached hydrogens (tertiary/aromatic N) is 1. The van der Waals surface area contributed by atoms with E-state index in [0.29, 0.717) is 25.6 Å². The Kier molecular flexibility index (Phi) is 5.41. The molecule has 2 fully saturated rings. The quantitative estimate of drug-likeness (QED) is 0.794. The molecule has 5 nitrogen and oxygen atoms in total. The minimum absolute atomic E-state index is 0.494. The molecular weight excluding hydrogens is 250 g/mol. The van der Waals surface area contributed by atoms with Gasteiger partial charge in [-0.2, -0.15) is 12.7 Å². The molecule has 0 atom stereocenters. The lowest BCUT2D eigenvalue weighted by molar-refractivity contribution is 0.362. The first kappa shape index (κ1) is 14.2. The number of hydrogen-bond donors (Lipinski definition) is 2. The summed E-state index contributed by atoms with van der Waals surface area (Å²) in [7, 11) is -3.24. The molecule has 2 rings (SSSR count). The second kappa shape index (κ2) is 6.84.